The highest BCUT2D eigenvalue weighted by Crippen LogP contribution is 2.22. The summed E-state index contributed by atoms with van der Waals surface area (Å²) < 4.78 is 5.12. The number of nitrogen functional groups attached to an aromatic ring is 1. The normalized spacial score (nSPS) is 11.3. The van der Waals surface area contributed by atoms with Crippen LogP contribution in [0, 0.1) is 5.92 Å². The van der Waals surface area contributed by atoms with Gasteiger partial charge >= 0.3 is 0 Å². The van der Waals surface area contributed by atoms with Crippen molar-refractivity contribution in [3.05, 3.63) is 11.3 Å². The van der Waals surface area contributed by atoms with Crippen molar-refractivity contribution in [3.63, 3.8) is 0 Å². The van der Waals surface area contributed by atoms with Crippen molar-refractivity contribution in [2.75, 3.05) is 5.73 Å². The van der Waals surface area contributed by atoms with Crippen LogP contribution in [0.2, 0.25) is 0 Å². The van der Waals surface area contributed by atoms with E-state index in [0.29, 0.717) is 11.8 Å². The van der Waals surface area contributed by atoms with E-state index >= 15 is 0 Å². The van der Waals surface area contributed by atoms with Crippen molar-refractivity contribution in [2.45, 2.75) is 72.1 Å². The lowest BCUT2D eigenvalue weighted by molar-refractivity contribution is 0.425. The van der Waals surface area contributed by atoms with Crippen LogP contribution < -0.4 is 5.73 Å². The van der Waals surface area contributed by atoms with Gasteiger partial charge in [0.25, 0.3) is 0 Å². The predicted octanol–water partition coefficient (Wildman–Crippen LogP) is 4.36. The summed E-state index contributed by atoms with van der Waals surface area (Å²) in [5.41, 5.74) is 8.05. The van der Waals surface area contributed by atoms with Crippen molar-refractivity contribution < 1.29 is 4.52 Å². The van der Waals surface area contributed by atoms with Crippen molar-refractivity contribution in [2.24, 2.45) is 5.92 Å². The van der Waals surface area contributed by atoms with E-state index in [-0.39, 0.29) is 0 Å². The van der Waals surface area contributed by atoms with E-state index in [0.717, 1.165) is 24.1 Å². The molecule has 0 fully saturated rings. The number of aryl methyl sites for hydroxylation is 1. The van der Waals surface area contributed by atoms with Gasteiger partial charge in [0.2, 0.25) is 5.88 Å². The first kappa shape index (κ1) is 15.1. The molecule has 3 nitrogen and oxygen atoms in total. The minimum Gasteiger partial charge on any atom is -0.367 e. The van der Waals surface area contributed by atoms with Gasteiger partial charge in [0, 0.05) is 5.56 Å². The number of nitrogens with zero attached hydrogens (tertiary/aromatic N) is 1. The van der Waals surface area contributed by atoms with E-state index in [1.54, 1.807) is 0 Å². The molecular formula is C15H28N2O. The third kappa shape index (κ3) is 5.11. The van der Waals surface area contributed by atoms with Crippen molar-refractivity contribution in [1.29, 1.82) is 0 Å². The van der Waals surface area contributed by atoms with Gasteiger partial charge in [-0.15, -0.1) is 0 Å². The van der Waals surface area contributed by atoms with E-state index in [1.807, 2.05) is 0 Å². The number of aromatic nitrogens is 1. The second-order valence-electron chi connectivity index (χ2n) is 5.59. The second kappa shape index (κ2) is 8.17. The summed E-state index contributed by atoms with van der Waals surface area (Å²) in [5.74, 6) is 1.11. The highest BCUT2D eigenvalue weighted by Gasteiger charge is 2.14. The molecule has 1 heterocycles. The van der Waals surface area contributed by atoms with Crippen LogP contribution in [0.5, 0.6) is 0 Å². The van der Waals surface area contributed by atoms with E-state index in [1.165, 1.54) is 38.5 Å². The molecule has 1 rings (SSSR count). The van der Waals surface area contributed by atoms with Gasteiger partial charge < -0.3 is 10.3 Å². The van der Waals surface area contributed by atoms with Crippen LogP contribution in [-0.2, 0) is 12.8 Å². The van der Waals surface area contributed by atoms with Gasteiger partial charge in [-0.05, 0) is 25.2 Å². The zero-order valence-corrected chi connectivity index (χ0v) is 12.2. The van der Waals surface area contributed by atoms with Gasteiger partial charge in [-0.3, -0.25) is 0 Å². The molecule has 0 bridgehead atoms. The second-order valence-corrected chi connectivity index (χ2v) is 5.59. The van der Waals surface area contributed by atoms with Gasteiger partial charge in [-0.25, -0.2) is 0 Å². The maximum Gasteiger partial charge on any atom is 0.225 e. The molecule has 0 saturated heterocycles. The minimum absolute atomic E-state index is 0.518. The highest BCUT2D eigenvalue weighted by molar-refractivity contribution is 5.39. The number of nitrogens with two attached hydrogens (primary N) is 1. The van der Waals surface area contributed by atoms with E-state index < -0.39 is 0 Å². The lowest BCUT2D eigenvalue weighted by Gasteiger charge is -2.05. The predicted molar refractivity (Wildman–Crippen MR) is 76.5 cm³/mol. The van der Waals surface area contributed by atoms with E-state index in [9.17, 15) is 0 Å². The van der Waals surface area contributed by atoms with Crippen molar-refractivity contribution in [1.82, 2.24) is 5.16 Å². The fourth-order valence-corrected chi connectivity index (χ4v) is 2.25. The molecule has 0 radical (unpaired) electrons. The molecule has 1 aromatic heterocycles. The fraction of sp³-hybridized carbons (Fsp3) is 0.800. The Morgan fingerprint density at radius 3 is 2.44 bits per heavy atom. The molecule has 1 aromatic rings. The largest absolute Gasteiger partial charge is 0.367 e. The summed E-state index contributed by atoms with van der Waals surface area (Å²) in [6, 6.07) is 0. The maximum absolute atomic E-state index is 5.83. The third-order valence-corrected chi connectivity index (χ3v) is 3.28. The summed E-state index contributed by atoms with van der Waals surface area (Å²) in [7, 11) is 0. The summed E-state index contributed by atoms with van der Waals surface area (Å²) in [6.07, 6.45) is 9.81. The molecule has 0 aliphatic carbocycles. The highest BCUT2D eigenvalue weighted by atomic mass is 16.5. The molecule has 0 saturated carbocycles. The molecule has 0 aliphatic heterocycles. The first-order valence-corrected chi connectivity index (χ1v) is 7.38. The molecule has 0 amide bonds. The fourth-order valence-electron chi connectivity index (χ4n) is 2.25. The van der Waals surface area contributed by atoms with Gasteiger partial charge in [-0.1, -0.05) is 58.0 Å². The summed E-state index contributed by atoms with van der Waals surface area (Å²) in [4.78, 5) is 0. The lowest BCUT2D eigenvalue weighted by atomic mass is 10.00. The molecule has 3 heteroatoms. The summed E-state index contributed by atoms with van der Waals surface area (Å²) >= 11 is 0. The maximum atomic E-state index is 5.83. The molecular weight excluding hydrogens is 224 g/mol. The quantitative estimate of drug-likeness (QED) is 0.664. The Labute approximate surface area is 111 Å². The Kier molecular flexibility index (Phi) is 6.84. The Bertz CT molecular complexity index is 331. The standard InChI is InChI=1S/C15H28N2O/c1-4-5-6-7-8-9-10-14-13(11-12(2)3)15(16)18-17-14/h12H,4-11,16H2,1-3H3. The van der Waals surface area contributed by atoms with Crippen LogP contribution in [0.4, 0.5) is 5.88 Å². The topological polar surface area (TPSA) is 52.0 Å². The van der Waals surface area contributed by atoms with Gasteiger partial charge in [0.15, 0.2) is 0 Å². The van der Waals surface area contributed by atoms with Crippen LogP contribution in [0.3, 0.4) is 0 Å². The van der Waals surface area contributed by atoms with Crippen LogP contribution in [-0.4, -0.2) is 5.16 Å². The van der Waals surface area contributed by atoms with Crippen LogP contribution in [0.15, 0.2) is 4.52 Å². The third-order valence-electron chi connectivity index (χ3n) is 3.28. The van der Waals surface area contributed by atoms with Crippen LogP contribution >= 0.6 is 0 Å². The molecule has 18 heavy (non-hydrogen) atoms. The van der Waals surface area contributed by atoms with E-state index in [2.05, 4.69) is 25.9 Å². The Morgan fingerprint density at radius 1 is 1.11 bits per heavy atom. The molecule has 0 aromatic carbocycles. The smallest absolute Gasteiger partial charge is 0.225 e. The van der Waals surface area contributed by atoms with Crippen molar-refractivity contribution >= 4 is 5.88 Å². The van der Waals surface area contributed by atoms with Gasteiger partial charge in [0.1, 0.15) is 0 Å². The average Bonchev–Trinajstić information content (AvgIpc) is 2.65. The Morgan fingerprint density at radius 2 is 1.78 bits per heavy atom. The molecule has 0 spiro atoms. The zero-order valence-electron chi connectivity index (χ0n) is 12.2. The van der Waals surface area contributed by atoms with Crippen LogP contribution in [0.25, 0.3) is 0 Å². The molecule has 0 unspecified atom stereocenters. The Balaban J connectivity index is 2.33. The van der Waals surface area contributed by atoms with E-state index in [4.69, 9.17) is 10.3 Å². The summed E-state index contributed by atoms with van der Waals surface area (Å²) in [5, 5.41) is 4.10. The van der Waals surface area contributed by atoms with Crippen molar-refractivity contribution in [3.8, 4) is 0 Å². The first-order valence-electron chi connectivity index (χ1n) is 7.38. The monoisotopic (exact) mass is 252 g/mol. The molecule has 0 aliphatic rings. The average molecular weight is 252 g/mol. The first-order chi connectivity index (χ1) is 8.65. The SMILES string of the molecule is CCCCCCCCc1noc(N)c1CC(C)C. The lowest BCUT2D eigenvalue weighted by Crippen LogP contribution is -2.01. The molecule has 2 N–H and O–H groups in total. The number of anilines is 1. The Hall–Kier alpha value is -0.990. The van der Waals surface area contributed by atoms with Gasteiger partial charge in [-0.2, -0.15) is 0 Å². The molecule has 104 valence electrons. The van der Waals surface area contributed by atoms with Gasteiger partial charge in [0.05, 0.1) is 5.69 Å². The number of rotatable bonds is 9. The van der Waals surface area contributed by atoms with Crippen LogP contribution in [0.1, 0.15) is 70.6 Å². The zero-order chi connectivity index (χ0) is 13.4. The number of unbranched alkanes of at least 4 members (excludes halogenated alkanes) is 5. The minimum atomic E-state index is 0.518. The summed E-state index contributed by atoms with van der Waals surface area (Å²) in [6.45, 7) is 6.64. The number of hydrogen-bond acceptors (Lipinski definition) is 3. The number of hydrogen-bond donors (Lipinski definition) is 1. The molecule has 0 atom stereocenters.